The van der Waals surface area contributed by atoms with E-state index in [4.69, 9.17) is 0 Å². The first-order chi connectivity index (χ1) is 17.2. The molecular weight excluding hydrogens is 547 g/mol. The Labute approximate surface area is 214 Å². The molecule has 0 aromatic rings. The maximum Gasteiger partial charge on any atom is 0.460 e. The number of halogens is 13. The van der Waals surface area contributed by atoms with Crippen molar-refractivity contribution in [2.24, 2.45) is 23.7 Å². The van der Waals surface area contributed by atoms with Crippen LogP contribution in [0.4, 0.5) is 57.1 Å². The van der Waals surface area contributed by atoms with E-state index < -0.39 is 54.5 Å². The second-order valence-electron chi connectivity index (χ2n) is 11.1. The van der Waals surface area contributed by atoms with Crippen LogP contribution in [-0.4, -0.2) is 35.8 Å². The zero-order chi connectivity index (χ0) is 29.2. The molecule has 0 unspecified atom stereocenters. The molecule has 0 radical (unpaired) electrons. The van der Waals surface area contributed by atoms with Gasteiger partial charge >= 0.3 is 35.8 Å². The average Bonchev–Trinajstić information content (AvgIpc) is 2.82. The van der Waals surface area contributed by atoms with Gasteiger partial charge in [-0.25, -0.2) is 0 Å². The highest BCUT2D eigenvalue weighted by atomic mass is 19.4. The summed E-state index contributed by atoms with van der Waals surface area (Å²) in [7, 11) is 0. The van der Waals surface area contributed by atoms with Gasteiger partial charge in [0.2, 0.25) is 0 Å². The Morgan fingerprint density at radius 3 is 1.21 bits per heavy atom. The summed E-state index contributed by atoms with van der Waals surface area (Å²) in [5.41, 5.74) is 0. The second kappa shape index (κ2) is 11.9. The maximum atomic E-state index is 14.5. The third kappa shape index (κ3) is 6.36. The number of unbranched alkanes of at least 4 members (excludes halogenated alkanes) is 2. The van der Waals surface area contributed by atoms with Crippen LogP contribution in [0.15, 0.2) is 0 Å². The summed E-state index contributed by atoms with van der Waals surface area (Å²) >= 11 is 0. The molecule has 13 heteroatoms. The van der Waals surface area contributed by atoms with E-state index in [1.54, 1.807) is 0 Å². The Balaban J connectivity index is 1.95. The van der Waals surface area contributed by atoms with E-state index in [-0.39, 0.29) is 18.8 Å². The topological polar surface area (TPSA) is 0 Å². The van der Waals surface area contributed by atoms with E-state index in [1.807, 2.05) is 0 Å². The van der Waals surface area contributed by atoms with Crippen LogP contribution in [0, 0.1) is 23.7 Å². The van der Waals surface area contributed by atoms with Crippen LogP contribution < -0.4 is 0 Å². The van der Waals surface area contributed by atoms with Crippen molar-refractivity contribution < 1.29 is 57.1 Å². The van der Waals surface area contributed by atoms with Crippen LogP contribution in [0.25, 0.3) is 0 Å². The van der Waals surface area contributed by atoms with Crippen molar-refractivity contribution in [3.63, 3.8) is 0 Å². The van der Waals surface area contributed by atoms with Crippen LogP contribution in [0.5, 0.6) is 0 Å². The predicted molar refractivity (Wildman–Crippen MR) is 115 cm³/mol. The Morgan fingerprint density at radius 2 is 0.816 bits per heavy atom. The molecule has 2 saturated carbocycles. The summed E-state index contributed by atoms with van der Waals surface area (Å²) in [4.78, 5) is 0. The van der Waals surface area contributed by atoms with Crippen LogP contribution in [0.2, 0.25) is 0 Å². The predicted octanol–water partition coefficient (Wildman–Crippen LogP) is 10.7. The molecule has 2 rings (SSSR count). The lowest BCUT2D eigenvalue weighted by molar-refractivity contribution is -0.443. The molecule has 2 fully saturated rings. The second-order valence-corrected chi connectivity index (χ2v) is 11.1. The molecule has 2 aliphatic rings. The van der Waals surface area contributed by atoms with Gasteiger partial charge in [0.1, 0.15) is 0 Å². The van der Waals surface area contributed by atoms with Crippen LogP contribution in [0.3, 0.4) is 0 Å². The fourth-order valence-electron chi connectivity index (χ4n) is 5.81. The van der Waals surface area contributed by atoms with Crippen LogP contribution >= 0.6 is 0 Å². The molecule has 2 aliphatic carbocycles. The number of rotatable bonds is 12. The van der Waals surface area contributed by atoms with Gasteiger partial charge in [-0.1, -0.05) is 71.1 Å². The summed E-state index contributed by atoms with van der Waals surface area (Å²) in [5.74, 6) is -37.9. The van der Waals surface area contributed by atoms with Crippen molar-refractivity contribution in [2.75, 3.05) is 0 Å². The van der Waals surface area contributed by atoms with E-state index in [0.717, 1.165) is 38.5 Å². The van der Waals surface area contributed by atoms with Crippen molar-refractivity contribution in [1.82, 2.24) is 0 Å². The minimum atomic E-state index is -7.82. The first-order valence-electron chi connectivity index (χ1n) is 13.2. The number of hydrogen-bond donors (Lipinski definition) is 0. The molecular formula is C25H35F13. The molecule has 0 nitrogen and oxygen atoms in total. The summed E-state index contributed by atoms with van der Waals surface area (Å²) in [5, 5.41) is 0. The number of hydrogen-bond acceptors (Lipinski definition) is 0. The van der Waals surface area contributed by atoms with E-state index in [9.17, 15) is 57.1 Å². The van der Waals surface area contributed by atoms with Crippen molar-refractivity contribution >= 4 is 0 Å². The van der Waals surface area contributed by atoms with Crippen LogP contribution in [0.1, 0.15) is 96.8 Å². The molecule has 0 N–H and O–H groups in total. The quantitative estimate of drug-likeness (QED) is 0.159. The highest BCUT2D eigenvalue weighted by Gasteiger charge is 2.91. The smallest absolute Gasteiger partial charge is 0.199 e. The normalized spacial score (nSPS) is 27.0. The van der Waals surface area contributed by atoms with Gasteiger partial charge in [0.15, 0.2) is 0 Å². The minimum Gasteiger partial charge on any atom is -0.199 e. The van der Waals surface area contributed by atoms with Crippen molar-refractivity contribution in [1.29, 1.82) is 0 Å². The summed E-state index contributed by atoms with van der Waals surface area (Å²) in [6.45, 7) is 2.13. The molecule has 0 saturated heterocycles. The third-order valence-electron chi connectivity index (χ3n) is 8.48. The maximum absolute atomic E-state index is 14.5. The molecule has 0 aliphatic heterocycles. The Morgan fingerprint density at radius 1 is 0.447 bits per heavy atom. The zero-order valence-corrected chi connectivity index (χ0v) is 21.1. The molecule has 0 bridgehead atoms. The van der Waals surface area contributed by atoms with Gasteiger partial charge < -0.3 is 0 Å². The molecule has 0 aromatic heterocycles. The van der Waals surface area contributed by atoms with E-state index in [2.05, 4.69) is 6.92 Å². The van der Waals surface area contributed by atoms with Gasteiger partial charge in [0, 0.05) is 5.92 Å². The molecule has 0 amide bonds. The van der Waals surface area contributed by atoms with Gasteiger partial charge in [-0.15, -0.1) is 0 Å². The monoisotopic (exact) mass is 582 g/mol. The highest BCUT2D eigenvalue weighted by molar-refractivity contribution is 5.11. The minimum absolute atomic E-state index is 0.0939. The largest absolute Gasteiger partial charge is 0.460 e. The molecule has 0 spiro atoms. The molecule has 0 heterocycles. The van der Waals surface area contributed by atoms with Crippen molar-refractivity contribution in [3.05, 3.63) is 0 Å². The first kappa shape index (κ1) is 33.3. The third-order valence-corrected chi connectivity index (χ3v) is 8.48. The van der Waals surface area contributed by atoms with E-state index >= 15 is 0 Å². The van der Waals surface area contributed by atoms with Gasteiger partial charge in [-0.3, -0.25) is 0 Å². The highest BCUT2D eigenvalue weighted by Crippen LogP contribution is 2.62. The molecule has 0 aromatic carbocycles. The van der Waals surface area contributed by atoms with Gasteiger partial charge in [-0.2, -0.15) is 57.1 Å². The van der Waals surface area contributed by atoms with E-state index in [0.29, 0.717) is 18.3 Å². The molecule has 0 atom stereocenters. The fourth-order valence-corrected chi connectivity index (χ4v) is 5.81. The van der Waals surface area contributed by atoms with Crippen molar-refractivity contribution in [2.45, 2.75) is 133 Å². The van der Waals surface area contributed by atoms with Gasteiger partial charge in [0.05, 0.1) is 0 Å². The lowest BCUT2D eigenvalue weighted by Gasteiger charge is -2.43. The summed E-state index contributed by atoms with van der Waals surface area (Å²) in [6, 6.07) is 0. The van der Waals surface area contributed by atoms with Crippen molar-refractivity contribution in [3.8, 4) is 0 Å². The lowest BCUT2D eigenvalue weighted by Crippen LogP contribution is -2.71. The summed E-state index contributed by atoms with van der Waals surface area (Å²) < 4.78 is 174. The van der Waals surface area contributed by atoms with Gasteiger partial charge in [-0.05, 0) is 43.4 Å². The van der Waals surface area contributed by atoms with Gasteiger partial charge in [0.25, 0.3) is 0 Å². The Bertz CT molecular complexity index is 728. The van der Waals surface area contributed by atoms with Crippen LogP contribution in [-0.2, 0) is 0 Å². The SMILES string of the molecule is CCCCC[C@H]1CC[C@H](CC[C@H]2CC[C@H](C(F)(F)C(F)(F)C(F)(F)C(F)(F)C(F)(F)C(F)(F)F)CC2)CC1. The molecule has 226 valence electrons. The summed E-state index contributed by atoms with van der Waals surface area (Å²) in [6.07, 6.45) is 1.18. The first-order valence-corrected chi connectivity index (χ1v) is 13.2. The zero-order valence-electron chi connectivity index (χ0n) is 21.1. The Kier molecular flexibility index (Phi) is 10.4. The average molecular weight is 583 g/mol. The number of alkyl halides is 13. The standard InChI is InChI=1S/C25H35F13/c1-2-3-4-5-16-6-8-17(9-7-16)10-11-18-12-14-19(15-13-18)20(26,27)21(28,29)22(30,31)23(32,33)24(34,35)25(36,37)38/h16-19H,2-15H2,1H3/t16-,17-,18-,19-. The molecule has 38 heavy (non-hydrogen) atoms. The van der Waals surface area contributed by atoms with E-state index in [1.165, 1.54) is 19.3 Å². The lowest BCUT2D eigenvalue weighted by atomic mass is 9.72. The fraction of sp³-hybridized carbons (Fsp3) is 1.00. The Hall–Kier alpha value is -0.910.